The van der Waals surface area contributed by atoms with Crippen LogP contribution in [0.4, 0.5) is 0 Å². The first-order valence-electron chi connectivity index (χ1n) is 11.2. The van der Waals surface area contributed by atoms with Gasteiger partial charge < -0.3 is 14.4 Å². The number of amides is 1. The number of likely N-dealkylation sites (tertiary alicyclic amines) is 1. The second-order valence-corrected chi connectivity index (χ2v) is 8.31. The van der Waals surface area contributed by atoms with Crippen LogP contribution in [0.1, 0.15) is 47.3 Å². The molecule has 0 spiro atoms. The zero-order chi connectivity index (χ0) is 22.5. The van der Waals surface area contributed by atoms with Gasteiger partial charge in [0.05, 0.1) is 19.9 Å². The van der Waals surface area contributed by atoms with Crippen LogP contribution in [0.3, 0.4) is 0 Å². The second-order valence-electron chi connectivity index (χ2n) is 8.31. The molecule has 6 heteroatoms. The van der Waals surface area contributed by atoms with Gasteiger partial charge in [-0.3, -0.25) is 4.79 Å². The van der Waals surface area contributed by atoms with Crippen LogP contribution in [0.2, 0.25) is 0 Å². The van der Waals surface area contributed by atoms with E-state index in [0.717, 1.165) is 67.1 Å². The van der Waals surface area contributed by atoms with Crippen LogP contribution in [-0.2, 0) is 6.42 Å². The van der Waals surface area contributed by atoms with Crippen LogP contribution in [0.5, 0.6) is 11.5 Å². The van der Waals surface area contributed by atoms with Gasteiger partial charge in [-0.15, -0.1) is 0 Å². The van der Waals surface area contributed by atoms with Gasteiger partial charge in [-0.05, 0) is 87.1 Å². The van der Waals surface area contributed by atoms with Crippen molar-refractivity contribution in [3.63, 3.8) is 0 Å². The third-order valence-corrected chi connectivity index (χ3v) is 6.29. The smallest absolute Gasteiger partial charge is 0.254 e. The normalized spacial score (nSPS) is 16.1. The molecule has 1 amide bonds. The minimum absolute atomic E-state index is 0.116. The summed E-state index contributed by atoms with van der Waals surface area (Å²) in [6.45, 7) is 2.83. The first kappa shape index (κ1) is 21.9. The van der Waals surface area contributed by atoms with Crippen molar-refractivity contribution in [1.29, 1.82) is 0 Å². The maximum Gasteiger partial charge on any atom is 0.254 e. The highest BCUT2D eigenvalue weighted by atomic mass is 16.5. The van der Waals surface area contributed by atoms with E-state index in [1.54, 1.807) is 20.4 Å². The zero-order valence-electron chi connectivity index (χ0n) is 19.1. The molecule has 0 N–H and O–H groups in total. The molecule has 0 aliphatic carbocycles. The Morgan fingerprint density at radius 2 is 1.81 bits per heavy atom. The fourth-order valence-corrected chi connectivity index (χ4v) is 4.49. The second kappa shape index (κ2) is 9.90. The fraction of sp³-hybridized carbons (Fsp3) is 0.385. The summed E-state index contributed by atoms with van der Waals surface area (Å²) in [5, 5.41) is 4.34. The van der Waals surface area contributed by atoms with Crippen molar-refractivity contribution in [2.24, 2.45) is 0 Å². The number of methoxy groups -OCH3 is 2. The SMILES string of the molecule is COc1ccc(CCC2CCCCN2C(=O)c2ccc(-n3nccc3C)cc2)cc1OC. The molecule has 1 aliphatic rings. The highest BCUT2D eigenvalue weighted by molar-refractivity contribution is 5.94. The van der Waals surface area contributed by atoms with E-state index in [9.17, 15) is 4.79 Å². The van der Waals surface area contributed by atoms with Crippen molar-refractivity contribution in [1.82, 2.24) is 14.7 Å². The van der Waals surface area contributed by atoms with Crippen LogP contribution in [-0.4, -0.2) is 47.4 Å². The number of carbonyl (C=O) groups excluding carboxylic acids is 1. The Morgan fingerprint density at radius 3 is 2.50 bits per heavy atom. The van der Waals surface area contributed by atoms with Crippen LogP contribution < -0.4 is 9.47 Å². The summed E-state index contributed by atoms with van der Waals surface area (Å²) < 4.78 is 12.6. The number of piperidine rings is 1. The summed E-state index contributed by atoms with van der Waals surface area (Å²) in [5.41, 5.74) is 3.96. The largest absolute Gasteiger partial charge is 0.493 e. The lowest BCUT2D eigenvalue weighted by molar-refractivity contribution is 0.0602. The van der Waals surface area contributed by atoms with Gasteiger partial charge in [0.25, 0.3) is 5.91 Å². The van der Waals surface area contributed by atoms with Gasteiger partial charge in [0.1, 0.15) is 0 Å². The zero-order valence-corrected chi connectivity index (χ0v) is 19.1. The highest BCUT2D eigenvalue weighted by Crippen LogP contribution is 2.29. The van der Waals surface area contributed by atoms with Crippen molar-refractivity contribution in [3.05, 3.63) is 71.5 Å². The molecule has 0 saturated carbocycles. The van der Waals surface area contributed by atoms with Crippen LogP contribution in [0.25, 0.3) is 5.69 Å². The summed E-state index contributed by atoms with van der Waals surface area (Å²) >= 11 is 0. The summed E-state index contributed by atoms with van der Waals surface area (Å²) in [5.74, 6) is 1.60. The summed E-state index contributed by atoms with van der Waals surface area (Å²) in [4.78, 5) is 15.4. The van der Waals surface area contributed by atoms with Crippen LogP contribution in [0, 0.1) is 6.92 Å². The third kappa shape index (κ3) is 4.64. The lowest BCUT2D eigenvalue weighted by Crippen LogP contribution is -2.44. The van der Waals surface area contributed by atoms with Crippen molar-refractivity contribution >= 4 is 5.91 Å². The molecule has 2 aromatic carbocycles. The molecule has 168 valence electrons. The number of nitrogens with zero attached hydrogens (tertiary/aromatic N) is 3. The average molecular weight is 434 g/mol. The summed E-state index contributed by atoms with van der Waals surface area (Å²) in [6, 6.07) is 16.0. The topological polar surface area (TPSA) is 56.6 Å². The Balaban J connectivity index is 1.45. The number of ether oxygens (including phenoxy) is 2. The quantitative estimate of drug-likeness (QED) is 0.536. The highest BCUT2D eigenvalue weighted by Gasteiger charge is 2.27. The molecule has 0 bridgehead atoms. The van der Waals surface area contributed by atoms with Crippen molar-refractivity contribution in [2.45, 2.75) is 45.1 Å². The third-order valence-electron chi connectivity index (χ3n) is 6.29. The maximum absolute atomic E-state index is 13.3. The number of hydrogen-bond donors (Lipinski definition) is 0. The molecule has 2 heterocycles. The van der Waals surface area contributed by atoms with E-state index >= 15 is 0 Å². The van der Waals surface area contributed by atoms with Crippen molar-refractivity contribution in [3.8, 4) is 17.2 Å². The lowest BCUT2D eigenvalue weighted by atomic mass is 9.95. The number of aryl methyl sites for hydroxylation is 2. The first-order valence-corrected chi connectivity index (χ1v) is 11.2. The molecule has 1 fully saturated rings. The molecule has 6 nitrogen and oxygen atoms in total. The van der Waals surface area contributed by atoms with Gasteiger partial charge in [-0.2, -0.15) is 5.10 Å². The van der Waals surface area contributed by atoms with E-state index in [2.05, 4.69) is 16.1 Å². The maximum atomic E-state index is 13.3. The summed E-state index contributed by atoms with van der Waals surface area (Å²) in [7, 11) is 3.30. The van der Waals surface area contributed by atoms with E-state index in [-0.39, 0.29) is 11.9 Å². The Hall–Kier alpha value is -3.28. The Morgan fingerprint density at radius 1 is 1.03 bits per heavy atom. The van der Waals surface area contributed by atoms with Crippen LogP contribution >= 0.6 is 0 Å². The molecule has 3 aromatic rings. The van der Waals surface area contributed by atoms with Crippen molar-refractivity contribution < 1.29 is 14.3 Å². The first-order chi connectivity index (χ1) is 15.6. The predicted molar refractivity (Wildman–Crippen MR) is 125 cm³/mol. The summed E-state index contributed by atoms with van der Waals surface area (Å²) in [6.07, 6.45) is 6.88. The molecule has 1 unspecified atom stereocenters. The van der Waals surface area contributed by atoms with E-state index in [1.165, 1.54) is 5.56 Å². The van der Waals surface area contributed by atoms with Crippen molar-refractivity contribution in [2.75, 3.05) is 20.8 Å². The standard InChI is InChI=1S/C26H31N3O3/c1-19-15-16-27-29(19)23-12-9-21(10-13-23)26(30)28-17-5-4-6-22(28)11-7-20-8-14-24(31-2)25(18-20)32-3/h8-10,12-16,18,22H,4-7,11,17H2,1-3H3. The minimum atomic E-state index is 0.116. The monoisotopic (exact) mass is 433 g/mol. The van der Waals surface area contributed by atoms with E-state index < -0.39 is 0 Å². The molecule has 1 aromatic heterocycles. The predicted octanol–water partition coefficient (Wildman–Crippen LogP) is 4.83. The number of carbonyl (C=O) groups is 1. The Kier molecular flexibility index (Phi) is 6.78. The molecular weight excluding hydrogens is 402 g/mol. The molecule has 1 aliphatic heterocycles. The molecule has 1 saturated heterocycles. The van der Waals surface area contributed by atoms with E-state index in [0.29, 0.717) is 0 Å². The van der Waals surface area contributed by atoms with Gasteiger partial charge in [0.15, 0.2) is 11.5 Å². The van der Waals surface area contributed by atoms with E-state index in [4.69, 9.17) is 9.47 Å². The van der Waals surface area contributed by atoms with E-state index in [1.807, 2.05) is 54.1 Å². The molecule has 1 atom stereocenters. The van der Waals surface area contributed by atoms with Gasteiger partial charge >= 0.3 is 0 Å². The molecule has 0 radical (unpaired) electrons. The fourth-order valence-electron chi connectivity index (χ4n) is 4.49. The van der Waals surface area contributed by atoms with Gasteiger partial charge in [0.2, 0.25) is 0 Å². The minimum Gasteiger partial charge on any atom is -0.493 e. The van der Waals surface area contributed by atoms with Gasteiger partial charge in [-0.25, -0.2) is 4.68 Å². The number of aromatic nitrogens is 2. The lowest BCUT2D eigenvalue weighted by Gasteiger charge is -2.36. The Bertz CT molecular complexity index is 1060. The van der Waals surface area contributed by atoms with Gasteiger partial charge in [0, 0.05) is 30.0 Å². The Labute approximate surface area is 189 Å². The number of hydrogen-bond acceptors (Lipinski definition) is 4. The van der Waals surface area contributed by atoms with Crippen LogP contribution in [0.15, 0.2) is 54.7 Å². The molecule has 4 rings (SSSR count). The number of rotatable bonds is 7. The molecular formula is C26H31N3O3. The number of benzene rings is 2. The average Bonchev–Trinajstić information content (AvgIpc) is 3.28. The molecule has 32 heavy (non-hydrogen) atoms. The van der Waals surface area contributed by atoms with Gasteiger partial charge in [-0.1, -0.05) is 6.07 Å².